The van der Waals surface area contributed by atoms with Crippen molar-refractivity contribution in [2.45, 2.75) is 13.0 Å². The number of para-hydroxylation sites is 3. The predicted molar refractivity (Wildman–Crippen MR) is 73.6 cm³/mol. The number of nitrogens with two attached hydrogens (primary N) is 1. The molecule has 0 saturated carbocycles. The fraction of sp³-hybridized carbons (Fsp3) is 0.133. The van der Waals surface area contributed by atoms with Gasteiger partial charge in [0.25, 0.3) is 0 Å². The van der Waals surface area contributed by atoms with Gasteiger partial charge in [0.2, 0.25) is 0 Å². The molecule has 3 rings (SSSR count). The number of halogens is 1. The summed E-state index contributed by atoms with van der Waals surface area (Å²) >= 11 is 0. The van der Waals surface area contributed by atoms with E-state index in [1.165, 1.54) is 6.07 Å². The molecule has 0 bridgehead atoms. The van der Waals surface area contributed by atoms with Crippen LogP contribution >= 0.6 is 0 Å². The number of rotatable bonds is 2. The van der Waals surface area contributed by atoms with E-state index in [9.17, 15) is 4.39 Å². The first-order chi connectivity index (χ1) is 9.18. The van der Waals surface area contributed by atoms with Crippen molar-refractivity contribution >= 4 is 11.0 Å². The molecule has 1 atom stereocenters. The monoisotopic (exact) mass is 255 g/mol. The van der Waals surface area contributed by atoms with Crippen LogP contribution in [0.2, 0.25) is 0 Å². The highest BCUT2D eigenvalue weighted by Crippen LogP contribution is 2.26. The highest BCUT2D eigenvalue weighted by atomic mass is 19.1. The summed E-state index contributed by atoms with van der Waals surface area (Å²) in [6, 6.07) is 12.4. The molecule has 0 aliphatic rings. The van der Waals surface area contributed by atoms with Crippen molar-refractivity contribution in [3.8, 4) is 5.69 Å². The Morgan fingerprint density at radius 1 is 1.16 bits per heavy atom. The summed E-state index contributed by atoms with van der Waals surface area (Å²) < 4.78 is 16.0. The molecule has 96 valence electrons. The second-order valence-electron chi connectivity index (χ2n) is 4.57. The number of aromatic nitrogens is 2. The minimum atomic E-state index is -0.294. The van der Waals surface area contributed by atoms with Crippen LogP contribution in [0.25, 0.3) is 16.7 Å². The average molecular weight is 255 g/mol. The van der Waals surface area contributed by atoms with E-state index in [-0.39, 0.29) is 11.9 Å². The molecular formula is C15H14FN3. The van der Waals surface area contributed by atoms with E-state index in [4.69, 9.17) is 5.73 Å². The van der Waals surface area contributed by atoms with E-state index in [1.54, 1.807) is 17.0 Å². The standard InChI is InChI=1S/C15H14FN3/c1-10(17)11-5-4-6-12(16)15(11)19-9-18-13-7-2-3-8-14(13)19/h2-10H,17H2,1H3/t10-/m0/s1. The number of nitrogens with zero attached hydrogens (tertiary/aromatic N) is 2. The van der Waals surface area contributed by atoms with Crippen molar-refractivity contribution in [1.82, 2.24) is 9.55 Å². The lowest BCUT2D eigenvalue weighted by Crippen LogP contribution is -2.11. The van der Waals surface area contributed by atoms with Crippen LogP contribution in [0.5, 0.6) is 0 Å². The van der Waals surface area contributed by atoms with Gasteiger partial charge in [0, 0.05) is 6.04 Å². The zero-order valence-corrected chi connectivity index (χ0v) is 10.5. The molecule has 3 nitrogen and oxygen atoms in total. The number of fused-ring (bicyclic) bond motifs is 1. The summed E-state index contributed by atoms with van der Waals surface area (Å²) in [5.41, 5.74) is 8.88. The first-order valence-corrected chi connectivity index (χ1v) is 6.15. The van der Waals surface area contributed by atoms with Crippen LogP contribution < -0.4 is 5.73 Å². The molecule has 2 aromatic carbocycles. The van der Waals surface area contributed by atoms with Gasteiger partial charge in [-0.05, 0) is 30.7 Å². The lowest BCUT2D eigenvalue weighted by molar-refractivity contribution is 0.612. The lowest BCUT2D eigenvalue weighted by atomic mass is 10.1. The Kier molecular flexibility index (Phi) is 2.80. The van der Waals surface area contributed by atoms with Gasteiger partial charge in [0.15, 0.2) is 0 Å². The van der Waals surface area contributed by atoms with Crippen molar-refractivity contribution in [2.75, 3.05) is 0 Å². The third-order valence-corrected chi connectivity index (χ3v) is 3.20. The summed E-state index contributed by atoms with van der Waals surface area (Å²) in [6.07, 6.45) is 1.63. The SMILES string of the molecule is C[C@H](N)c1cccc(F)c1-n1cnc2ccccc21. The van der Waals surface area contributed by atoms with E-state index in [1.807, 2.05) is 37.3 Å². The molecule has 0 amide bonds. The Labute approximate surface area is 110 Å². The van der Waals surface area contributed by atoms with Gasteiger partial charge < -0.3 is 5.73 Å². The summed E-state index contributed by atoms with van der Waals surface area (Å²) in [5, 5.41) is 0. The van der Waals surface area contributed by atoms with Gasteiger partial charge in [-0.3, -0.25) is 4.57 Å². The second-order valence-corrected chi connectivity index (χ2v) is 4.57. The van der Waals surface area contributed by atoms with E-state index < -0.39 is 0 Å². The molecule has 0 saturated heterocycles. The van der Waals surface area contributed by atoms with Crippen molar-refractivity contribution in [1.29, 1.82) is 0 Å². The zero-order valence-electron chi connectivity index (χ0n) is 10.5. The first-order valence-electron chi connectivity index (χ1n) is 6.15. The Morgan fingerprint density at radius 2 is 1.95 bits per heavy atom. The van der Waals surface area contributed by atoms with Crippen molar-refractivity contribution in [3.05, 3.63) is 60.2 Å². The zero-order chi connectivity index (χ0) is 13.4. The van der Waals surface area contributed by atoms with Crippen molar-refractivity contribution in [3.63, 3.8) is 0 Å². The van der Waals surface area contributed by atoms with E-state index in [2.05, 4.69) is 4.98 Å². The van der Waals surface area contributed by atoms with Gasteiger partial charge in [-0.25, -0.2) is 9.37 Å². The van der Waals surface area contributed by atoms with Crippen LogP contribution in [0, 0.1) is 5.82 Å². The first kappa shape index (κ1) is 11.9. The van der Waals surface area contributed by atoms with Crippen LogP contribution in [0.4, 0.5) is 4.39 Å². The molecule has 1 heterocycles. The maximum atomic E-state index is 14.2. The molecule has 19 heavy (non-hydrogen) atoms. The number of benzene rings is 2. The topological polar surface area (TPSA) is 43.8 Å². The lowest BCUT2D eigenvalue weighted by Gasteiger charge is -2.14. The number of hydrogen-bond acceptors (Lipinski definition) is 2. The van der Waals surface area contributed by atoms with Crippen LogP contribution in [0.3, 0.4) is 0 Å². The van der Waals surface area contributed by atoms with E-state index >= 15 is 0 Å². The number of hydrogen-bond donors (Lipinski definition) is 1. The second kappa shape index (κ2) is 4.48. The summed E-state index contributed by atoms with van der Waals surface area (Å²) in [7, 11) is 0. The summed E-state index contributed by atoms with van der Waals surface area (Å²) in [4.78, 5) is 4.29. The van der Waals surface area contributed by atoms with Gasteiger partial charge in [0.1, 0.15) is 12.1 Å². The summed E-state index contributed by atoms with van der Waals surface area (Å²) in [6.45, 7) is 1.84. The summed E-state index contributed by atoms with van der Waals surface area (Å²) in [5.74, 6) is -0.294. The highest BCUT2D eigenvalue weighted by Gasteiger charge is 2.15. The number of imidazole rings is 1. The fourth-order valence-corrected chi connectivity index (χ4v) is 2.29. The minimum absolute atomic E-state index is 0.244. The molecule has 0 unspecified atom stereocenters. The van der Waals surface area contributed by atoms with Gasteiger partial charge in [-0.2, -0.15) is 0 Å². The smallest absolute Gasteiger partial charge is 0.147 e. The van der Waals surface area contributed by atoms with Gasteiger partial charge in [-0.15, -0.1) is 0 Å². The van der Waals surface area contributed by atoms with Gasteiger partial charge in [-0.1, -0.05) is 24.3 Å². The van der Waals surface area contributed by atoms with Gasteiger partial charge >= 0.3 is 0 Å². The largest absolute Gasteiger partial charge is 0.324 e. The maximum absolute atomic E-state index is 14.2. The Hall–Kier alpha value is -2.20. The van der Waals surface area contributed by atoms with Crippen LogP contribution in [-0.2, 0) is 0 Å². The molecule has 0 aliphatic heterocycles. The third-order valence-electron chi connectivity index (χ3n) is 3.20. The molecule has 0 radical (unpaired) electrons. The molecule has 4 heteroatoms. The molecule has 0 aliphatic carbocycles. The van der Waals surface area contributed by atoms with E-state index in [0.29, 0.717) is 5.69 Å². The van der Waals surface area contributed by atoms with Gasteiger partial charge in [0.05, 0.1) is 16.7 Å². The maximum Gasteiger partial charge on any atom is 0.147 e. The molecule has 1 aromatic heterocycles. The molecule has 0 spiro atoms. The Morgan fingerprint density at radius 3 is 2.74 bits per heavy atom. The Bertz CT molecular complexity index is 731. The highest BCUT2D eigenvalue weighted by molar-refractivity contribution is 5.77. The molecule has 0 fully saturated rings. The molecule has 3 aromatic rings. The fourth-order valence-electron chi connectivity index (χ4n) is 2.29. The van der Waals surface area contributed by atoms with Crippen LogP contribution in [-0.4, -0.2) is 9.55 Å². The van der Waals surface area contributed by atoms with Crippen molar-refractivity contribution < 1.29 is 4.39 Å². The van der Waals surface area contributed by atoms with Crippen LogP contribution in [0.15, 0.2) is 48.8 Å². The third kappa shape index (κ3) is 1.90. The van der Waals surface area contributed by atoms with Crippen molar-refractivity contribution in [2.24, 2.45) is 5.73 Å². The Balaban J connectivity index is 2.33. The molecular weight excluding hydrogens is 241 g/mol. The normalized spacial score (nSPS) is 12.8. The van der Waals surface area contributed by atoms with Crippen LogP contribution in [0.1, 0.15) is 18.5 Å². The van der Waals surface area contributed by atoms with E-state index in [0.717, 1.165) is 16.6 Å². The average Bonchev–Trinajstić information content (AvgIpc) is 2.82. The predicted octanol–water partition coefficient (Wildman–Crippen LogP) is 3.18. The quantitative estimate of drug-likeness (QED) is 0.764. The minimum Gasteiger partial charge on any atom is -0.324 e. The molecule has 2 N–H and O–H groups in total.